The highest BCUT2D eigenvalue weighted by atomic mass is 32.2. The third-order valence-electron chi connectivity index (χ3n) is 2.12. The normalized spacial score (nSPS) is 12.4. The van der Waals surface area contributed by atoms with E-state index in [0.717, 1.165) is 16.5 Å². The minimum Gasteiger partial charge on any atom is -0.396 e. The molecule has 1 heterocycles. The number of amides is 1. The van der Waals surface area contributed by atoms with Crippen LogP contribution in [0.5, 0.6) is 0 Å². The van der Waals surface area contributed by atoms with Gasteiger partial charge in [0.05, 0.1) is 16.5 Å². The molecule has 1 aromatic rings. The first-order valence-electron chi connectivity index (χ1n) is 5.50. The van der Waals surface area contributed by atoms with E-state index in [0.29, 0.717) is 12.2 Å². The number of thiazole rings is 1. The maximum absolute atomic E-state index is 11.5. The lowest BCUT2D eigenvalue weighted by molar-refractivity contribution is -0.119. The van der Waals surface area contributed by atoms with E-state index in [1.54, 1.807) is 23.1 Å². The number of thioether (sulfide) groups is 1. The molecule has 0 aliphatic rings. The summed E-state index contributed by atoms with van der Waals surface area (Å²) in [5.41, 5.74) is 1.04. The van der Waals surface area contributed by atoms with E-state index in [4.69, 9.17) is 5.11 Å². The Labute approximate surface area is 110 Å². The zero-order valence-corrected chi connectivity index (χ0v) is 11.7. The van der Waals surface area contributed by atoms with Crippen molar-refractivity contribution in [3.05, 3.63) is 16.1 Å². The second-order valence-corrected chi connectivity index (χ2v) is 5.88. The molecule has 6 heteroatoms. The van der Waals surface area contributed by atoms with Crippen LogP contribution >= 0.6 is 23.1 Å². The molecule has 0 bridgehead atoms. The Bertz CT molecular complexity index is 355. The topological polar surface area (TPSA) is 62.2 Å². The number of aliphatic hydroxyl groups is 1. The van der Waals surface area contributed by atoms with Crippen LogP contribution in [0.1, 0.15) is 24.0 Å². The summed E-state index contributed by atoms with van der Waals surface area (Å²) >= 11 is 3.19. The van der Waals surface area contributed by atoms with Gasteiger partial charge in [-0.1, -0.05) is 0 Å². The van der Waals surface area contributed by atoms with Crippen molar-refractivity contribution >= 4 is 29.0 Å². The number of rotatable bonds is 7. The largest absolute Gasteiger partial charge is 0.396 e. The third kappa shape index (κ3) is 6.05. The highest BCUT2D eigenvalue weighted by Crippen LogP contribution is 2.14. The van der Waals surface area contributed by atoms with Crippen molar-refractivity contribution in [3.8, 4) is 0 Å². The molecule has 1 amide bonds. The summed E-state index contributed by atoms with van der Waals surface area (Å²) in [5, 5.41) is 14.6. The SMILES string of the molecule is Cc1nc(CSCC(=O)NC(C)CCO)cs1. The summed E-state index contributed by atoms with van der Waals surface area (Å²) in [6.07, 6.45) is 0.599. The molecule has 2 N–H and O–H groups in total. The summed E-state index contributed by atoms with van der Waals surface area (Å²) in [6, 6.07) is 0.0367. The number of hydrogen-bond acceptors (Lipinski definition) is 5. The van der Waals surface area contributed by atoms with Crippen LogP contribution in [0.4, 0.5) is 0 Å². The van der Waals surface area contributed by atoms with Gasteiger partial charge in [0.1, 0.15) is 0 Å². The van der Waals surface area contributed by atoms with Gasteiger partial charge in [0, 0.05) is 23.8 Å². The molecule has 0 saturated heterocycles. The van der Waals surface area contributed by atoms with Crippen LogP contribution in [-0.2, 0) is 10.5 Å². The highest BCUT2D eigenvalue weighted by molar-refractivity contribution is 7.99. The van der Waals surface area contributed by atoms with Crippen molar-refractivity contribution in [1.29, 1.82) is 0 Å². The second kappa shape index (κ2) is 7.68. The van der Waals surface area contributed by atoms with Gasteiger partial charge < -0.3 is 10.4 Å². The first-order valence-corrected chi connectivity index (χ1v) is 7.54. The van der Waals surface area contributed by atoms with Gasteiger partial charge >= 0.3 is 0 Å². The van der Waals surface area contributed by atoms with Crippen LogP contribution in [0.3, 0.4) is 0 Å². The van der Waals surface area contributed by atoms with Crippen LogP contribution in [0.15, 0.2) is 5.38 Å². The highest BCUT2D eigenvalue weighted by Gasteiger charge is 2.07. The molecular formula is C11H18N2O2S2. The van der Waals surface area contributed by atoms with E-state index >= 15 is 0 Å². The number of carbonyl (C=O) groups excluding carboxylic acids is 1. The van der Waals surface area contributed by atoms with Gasteiger partial charge in [-0.25, -0.2) is 4.98 Å². The molecule has 0 aliphatic heterocycles. The molecule has 1 aromatic heterocycles. The molecule has 0 spiro atoms. The average molecular weight is 274 g/mol. The molecule has 96 valence electrons. The summed E-state index contributed by atoms with van der Waals surface area (Å²) in [4.78, 5) is 15.8. The van der Waals surface area contributed by atoms with Crippen molar-refractivity contribution in [1.82, 2.24) is 10.3 Å². The minimum atomic E-state index is 0.0166. The fourth-order valence-corrected chi connectivity index (χ4v) is 2.75. The lowest BCUT2D eigenvalue weighted by atomic mass is 10.2. The number of hydrogen-bond donors (Lipinski definition) is 2. The summed E-state index contributed by atoms with van der Waals surface area (Å²) < 4.78 is 0. The van der Waals surface area contributed by atoms with Gasteiger partial charge in [0.15, 0.2) is 0 Å². The van der Waals surface area contributed by atoms with Crippen molar-refractivity contribution in [2.24, 2.45) is 0 Å². The van der Waals surface area contributed by atoms with E-state index in [1.807, 2.05) is 19.2 Å². The standard InChI is InChI=1S/C11H18N2O2S2/c1-8(3-4-14)12-11(15)7-16-5-10-6-17-9(2)13-10/h6,8,14H,3-5,7H2,1-2H3,(H,12,15). The van der Waals surface area contributed by atoms with Gasteiger partial charge in [-0.05, 0) is 20.3 Å². The van der Waals surface area contributed by atoms with Gasteiger partial charge in [-0.15, -0.1) is 23.1 Å². The van der Waals surface area contributed by atoms with Crippen molar-refractivity contribution in [2.45, 2.75) is 32.1 Å². The predicted molar refractivity (Wildman–Crippen MR) is 72.3 cm³/mol. The quantitative estimate of drug-likeness (QED) is 0.792. The Balaban J connectivity index is 2.16. The Kier molecular flexibility index (Phi) is 6.54. The van der Waals surface area contributed by atoms with Crippen molar-refractivity contribution in [3.63, 3.8) is 0 Å². The number of nitrogens with zero attached hydrogens (tertiary/aromatic N) is 1. The summed E-state index contributed by atoms with van der Waals surface area (Å²) in [7, 11) is 0. The summed E-state index contributed by atoms with van der Waals surface area (Å²) in [6.45, 7) is 3.97. The monoisotopic (exact) mass is 274 g/mol. The van der Waals surface area contributed by atoms with E-state index in [9.17, 15) is 4.79 Å². The summed E-state index contributed by atoms with van der Waals surface area (Å²) in [5.74, 6) is 1.22. The van der Waals surface area contributed by atoms with Crippen molar-refractivity contribution in [2.75, 3.05) is 12.4 Å². The van der Waals surface area contributed by atoms with Crippen LogP contribution in [0, 0.1) is 6.92 Å². The number of nitrogens with one attached hydrogen (secondary N) is 1. The van der Waals surface area contributed by atoms with E-state index < -0.39 is 0 Å². The van der Waals surface area contributed by atoms with Gasteiger partial charge in [0.25, 0.3) is 0 Å². The molecule has 0 aromatic carbocycles. The molecule has 17 heavy (non-hydrogen) atoms. The fraction of sp³-hybridized carbons (Fsp3) is 0.636. The molecule has 0 fully saturated rings. The van der Waals surface area contributed by atoms with Gasteiger partial charge in [-0.2, -0.15) is 0 Å². The Morgan fingerprint density at radius 2 is 2.47 bits per heavy atom. The first-order chi connectivity index (χ1) is 8.11. The molecule has 0 aliphatic carbocycles. The molecule has 1 atom stereocenters. The molecule has 1 unspecified atom stereocenters. The Hall–Kier alpha value is -0.590. The molecule has 0 radical (unpaired) electrons. The zero-order valence-electron chi connectivity index (χ0n) is 10.1. The third-order valence-corrected chi connectivity index (χ3v) is 3.91. The van der Waals surface area contributed by atoms with Crippen LogP contribution in [0.2, 0.25) is 0 Å². The zero-order chi connectivity index (χ0) is 12.7. The maximum atomic E-state index is 11.5. The smallest absolute Gasteiger partial charge is 0.230 e. The maximum Gasteiger partial charge on any atom is 0.230 e. The number of aryl methyl sites for hydroxylation is 1. The average Bonchev–Trinajstić information content (AvgIpc) is 2.64. The molecule has 1 rings (SSSR count). The van der Waals surface area contributed by atoms with Gasteiger partial charge in [0.2, 0.25) is 5.91 Å². The Morgan fingerprint density at radius 1 is 1.71 bits per heavy atom. The van der Waals surface area contributed by atoms with E-state index in [2.05, 4.69) is 10.3 Å². The number of carbonyl (C=O) groups is 1. The minimum absolute atomic E-state index is 0.0166. The molecule has 0 saturated carbocycles. The lowest BCUT2D eigenvalue weighted by Crippen LogP contribution is -2.34. The fourth-order valence-electron chi connectivity index (χ4n) is 1.31. The molecular weight excluding hydrogens is 256 g/mol. The van der Waals surface area contributed by atoms with Crippen LogP contribution < -0.4 is 5.32 Å². The number of aromatic nitrogens is 1. The lowest BCUT2D eigenvalue weighted by Gasteiger charge is -2.11. The van der Waals surface area contributed by atoms with Gasteiger partial charge in [-0.3, -0.25) is 4.79 Å². The van der Waals surface area contributed by atoms with E-state index in [1.165, 1.54) is 0 Å². The first kappa shape index (κ1) is 14.5. The number of aliphatic hydroxyl groups excluding tert-OH is 1. The van der Waals surface area contributed by atoms with Crippen LogP contribution in [-0.4, -0.2) is 34.4 Å². The predicted octanol–water partition coefficient (Wildman–Crippen LogP) is 1.57. The molecule has 4 nitrogen and oxygen atoms in total. The van der Waals surface area contributed by atoms with E-state index in [-0.39, 0.29) is 18.6 Å². The Morgan fingerprint density at radius 3 is 3.06 bits per heavy atom. The second-order valence-electron chi connectivity index (χ2n) is 3.83. The van der Waals surface area contributed by atoms with Crippen molar-refractivity contribution < 1.29 is 9.90 Å². The van der Waals surface area contributed by atoms with Crippen LogP contribution in [0.25, 0.3) is 0 Å².